The standard InChI is InChI=1S/C102H99BN4/c1-98(2,3)62-66-44-50-89-83(52-66)77-40-28-30-42-87(77)104(89)75-46-48-85-91(60-75)106(96-79(70-32-20-16-21-33-70)54-68(64-100(7,8)9)55-80(96)71-34-22-17-23-35-71)93-58-74(102(13,14)15)59-94-95(93)103(85)86-49-47-76(105-88-43-31-29-41-78(88)84-53-67(45-51-90(84)105)63-99(4,5)6)61-92(86)107(94)97-81(72-36-24-18-25-37-72)56-69(65-101(10,11)12)57-82(97)73-38-26-19-27-39-73/h16-61H,62-65H2,1-15H3/i28D,29D,30D,31D,40D,41D,42D,43D. The van der Waals surface area contributed by atoms with Crippen molar-refractivity contribution in [2.75, 3.05) is 9.80 Å². The van der Waals surface area contributed by atoms with E-state index in [4.69, 9.17) is 0 Å². The highest BCUT2D eigenvalue weighted by atomic mass is 15.2. The van der Waals surface area contributed by atoms with E-state index in [2.05, 4.69) is 353 Å². The molecule has 0 fully saturated rings. The lowest BCUT2D eigenvalue weighted by atomic mass is 9.33. The zero-order valence-corrected chi connectivity index (χ0v) is 64.6. The molecule has 0 atom stereocenters. The molecule has 0 aliphatic carbocycles. The van der Waals surface area contributed by atoms with Gasteiger partial charge in [-0.25, -0.2) is 0 Å². The van der Waals surface area contributed by atoms with Crippen molar-refractivity contribution < 1.29 is 11.0 Å². The first kappa shape index (κ1) is 60.3. The summed E-state index contributed by atoms with van der Waals surface area (Å²) < 4.78 is 81.3. The third-order valence-corrected chi connectivity index (χ3v) is 21.4. The smallest absolute Gasteiger partial charge is 0.252 e. The number of benzene rings is 13. The maximum absolute atomic E-state index is 10.0. The Labute approximate surface area is 646 Å². The fraction of sp³-hybridized carbons (Fsp3) is 0.235. The van der Waals surface area contributed by atoms with Gasteiger partial charge in [-0.1, -0.05) is 286 Å². The predicted octanol–water partition coefficient (Wildman–Crippen LogP) is 26.3. The van der Waals surface area contributed by atoms with Crippen LogP contribution in [0.2, 0.25) is 0 Å². The van der Waals surface area contributed by atoms with Crippen LogP contribution in [-0.2, 0) is 31.1 Å². The van der Waals surface area contributed by atoms with Gasteiger partial charge in [0.1, 0.15) is 0 Å². The van der Waals surface area contributed by atoms with Crippen LogP contribution in [0.1, 0.15) is 143 Å². The minimum Gasteiger partial charge on any atom is -0.310 e. The van der Waals surface area contributed by atoms with Crippen LogP contribution in [0, 0.1) is 21.7 Å². The second-order valence-electron chi connectivity index (χ2n) is 36.1. The average Bonchev–Trinajstić information content (AvgIpc) is 1.00. The molecule has 0 unspecified atom stereocenters. The van der Waals surface area contributed by atoms with Crippen molar-refractivity contribution in [1.29, 1.82) is 0 Å². The van der Waals surface area contributed by atoms with Crippen LogP contribution >= 0.6 is 0 Å². The van der Waals surface area contributed by atoms with E-state index in [9.17, 15) is 11.0 Å². The highest BCUT2D eigenvalue weighted by molar-refractivity contribution is 7.00. The first-order valence-electron chi connectivity index (χ1n) is 42.2. The highest BCUT2D eigenvalue weighted by Crippen LogP contribution is 2.55. The van der Waals surface area contributed by atoms with E-state index in [-0.39, 0.29) is 70.0 Å². The zero-order chi connectivity index (χ0) is 81.2. The van der Waals surface area contributed by atoms with Crippen molar-refractivity contribution in [3.8, 4) is 55.9 Å². The summed E-state index contributed by atoms with van der Waals surface area (Å²) in [5.41, 5.74) is 25.8. The number of nitrogens with zero attached hydrogens (tertiary/aromatic N) is 4. The molecule has 15 aromatic rings. The number of aromatic nitrogens is 2. The molecule has 2 aliphatic rings. The molecule has 5 heteroatoms. The van der Waals surface area contributed by atoms with Gasteiger partial charge in [0.25, 0.3) is 6.71 Å². The highest BCUT2D eigenvalue weighted by Gasteiger charge is 2.47. The summed E-state index contributed by atoms with van der Waals surface area (Å²) in [7, 11) is 0. The first-order valence-corrected chi connectivity index (χ1v) is 38.2. The molecular formula is C102H99BN4. The molecule has 13 aromatic carbocycles. The Morgan fingerprint density at radius 3 is 0.953 bits per heavy atom. The molecule has 0 N–H and O–H groups in total. The van der Waals surface area contributed by atoms with Crippen LogP contribution in [0.3, 0.4) is 0 Å². The monoisotopic (exact) mass is 1400 g/mol. The summed E-state index contributed by atoms with van der Waals surface area (Å²) in [5.74, 6) is 0. The van der Waals surface area contributed by atoms with Crippen LogP contribution in [0.15, 0.2) is 279 Å². The van der Waals surface area contributed by atoms with Crippen LogP contribution in [0.25, 0.3) is 99.5 Å². The summed E-state index contributed by atoms with van der Waals surface area (Å²) in [5, 5.41) is 2.46. The molecule has 17 rings (SSSR count). The van der Waals surface area contributed by atoms with Gasteiger partial charge in [-0.05, 0) is 216 Å². The molecule has 2 aliphatic heterocycles. The molecule has 0 radical (unpaired) electrons. The predicted molar refractivity (Wildman–Crippen MR) is 462 cm³/mol. The number of anilines is 6. The van der Waals surface area contributed by atoms with E-state index in [1.165, 1.54) is 11.1 Å². The van der Waals surface area contributed by atoms with Gasteiger partial charge in [0, 0.05) is 77.9 Å². The van der Waals surface area contributed by atoms with Gasteiger partial charge in [0.15, 0.2) is 0 Å². The normalized spacial score (nSPS) is 14.3. The Balaban J connectivity index is 1.08. The Kier molecular flexibility index (Phi) is 14.6. The molecule has 0 amide bonds. The van der Waals surface area contributed by atoms with Crippen molar-refractivity contribution in [3.05, 3.63) is 307 Å². The molecule has 4 nitrogen and oxygen atoms in total. The van der Waals surface area contributed by atoms with Crippen molar-refractivity contribution in [2.24, 2.45) is 21.7 Å². The minimum absolute atomic E-state index is 0.0712. The van der Waals surface area contributed by atoms with E-state index in [0.717, 1.165) is 171 Å². The third-order valence-electron chi connectivity index (χ3n) is 21.4. The molecule has 0 saturated carbocycles. The van der Waals surface area contributed by atoms with Crippen LogP contribution in [0.4, 0.5) is 34.1 Å². The van der Waals surface area contributed by atoms with Crippen molar-refractivity contribution >= 4 is 101 Å². The van der Waals surface area contributed by atoms with Crippen LogP contribution < -0.4 is 26.2 Å². The molecule has 530 valence electrons. The molecular weight excluding hydrogens is 1290 g/mol. The van der Waals surface area contributed by atoms with Crippen LogP contribution in [-0.4, -0.2) is 15.8 Å². The lowest BCUT2D eigenvalue weighted by molar-refractivity contribution is 0.411. The second kappa shape index (κ2) is 26.0. The molecule has 0 spiro atoms. The Morgan fingerprint density at radius 2 is 0.626 bits per heavy atom. The van der Waals surface area contributed by atoms with Gasteiger partial charge < -0.3 is 18.9 Å². The molecule has 0 saturated heterocycles. The maximum atomic E-state index is 10.0. The second-order valence-corrected chi connectivity index (χ2v) is 36.1. The molecule has 2 aromatic heterocycles. The quantitative estimate of drug-likeness (QED) is 0.113. The van der Waals surface area contributed by atoms with Gasteiger partial charge >= 0.3 is 0 Å². The van der Waals surface area contributed by atoms with Gasteiger partial charge in [-0.2, -0.15) is 0 Å². The number of para-hydroxylation sites is 2. The van der Waals surface area contributed by atoms with Gasteiger partial charge in [0.05, 0.1) is 44.4 Å². The summed E-state index contributed by atoms with van der Waals surface area (Å²) >= 11 is 0. The molecule has 4 heterocycles. The Morgan fingerprint density at radius 1 is 0.299 bits per heavy atom. The van der Waals surface area contributed by atoms with Crippen molar-refractivity contribution in [2.45, 2.75) is 135 Å². The van der Waals surface area contributed by atoms with E-state index >= 15 is 0 Å². The van der Waals surface area contributed by atoms with Gasteiger partial charge in [-0.15, -0.1) is 0 Å². The lowest BCUT2D eigenvalue weighted by Crippen LogP contribution is -2.61. The summed E-state index contributed by atoms with van der Waals surface area (Å²) in [6.07, 6.45) is 3.11. The zero-order valence-electron chi connectivity index (χ0n) is 72.6. The van der Waals surface area contributed by atoms with Crippen molar-refractivity contribution in [3.63, 3.8) is 0 Å². The number of rotatable bonds is 12. The fourth-order valence-corrected chi connectivity index (χ4v) is 17.3. The SMILES string of the molecule is [2H]c1c([2H])c([2H])c2c(c1[2H])c1cc(CC(C)(C)C)ccc1n2-c1ccc2c(c1)N(c1c(-c3ccccc3)cc(CC(C)(C)C)cc1-c1ccccc1)c1cc(C(C)(C)C)cc3c1B2c1ccc(-n2c4ccc(CC(C)(C)C)cc4c4c([2H])c([2H])c([2H])c([2H])c42)cc1N3c1c(-c2ccccc2)cc(CC(C)(C)C)cc1-c1ccccc1. The summed E-state index contributed by atoms with van der Waals surface area (Å²) in [6.45, 7) is 33.6. The molecule has 0 bridgehead atoms. The minimum atomic E-state index is -0.494. The lowest BCUT2D eigenvalue weighted by Gasteiger charge is -2.46. The molecule has 107 heavy (non-hydrogen) atoms. The van der Waals surface area contributed by atoms with E-state index < -0.39 is 12.1 Å². The van der Waals surface area contributed by atoms with Crippen molar-refractivity contribution in [1.82, 2.24) is 9.13 Å². The number of hydrogen-bond donors (Lipinski definition) is 0. The van der Waals surface area contributed by atoms with Gasteiger partial charge in [-0.3, -0.25) is 0 Å². The summed E-state index contributed by atoms with van der Waals surface area (Å²) in [6, 6.07) is 82.8. The largest absolute Gasteiger partial charge is 0.310 e. The maximum Gasteiger partial charge on any atom is 0.252 e. The Hall–Kier alpha value is -10.9. The van der Waals surface area contributed by atoms with Gasteiger partial charge in [0.2, 0.25) is 0 Å². The fourth-order valence-electron chi connectivity index (χ4n) is 17.3. The first-order chi connectivity index (χ1) is 54.5. The number of hydrogen-bond acceptors (Lipinski definition) is 2. The van der Waals surface area contributed by atoms with E-state index in [1.807, 2.05) is 0 Å². The van der Waals surface area contributed by atoms with E-state index in [0.29, 0.717) is 21.8 Å². The third kappa shape index (κ3) is 12.9. The number of fused-ring (bicyclic) bond motifs is 10. The average molecular weight is 1400 g/mol. The summed E-state index contributed by atoms with van der Waals surface area (Å²) in [4.78, 5) is 5.14. The van der Waals surface area contributed by atoms with E-state index in [1.54, 1.807) is 0 Å². The van der Waals surface area contributed by atoms with Crippen LogP contribution in [0.5, 0.6) is 0 Å². The topological polar surface area (TPSA) is 16.3 Å². The Bertz CT molecular complexity index is 5960.